The Bertz CT molecular complexity index is 417. The summed E-state index contributed by atoms with van der Waals surface area (Å²) in [6.45, 7) is 3.08. The van der Waals surface area contributed by atoms with Crippen molar-refractivity contribution in [3.05, 3.63) is 22.4 Å². The van der Waals surface area contributed by atoms with Crippen molar-refractivity contribution < 1.29 is 4.79 Å². The molecule has 0 bridgehead atoms. The standard InChI is InChI=1S/C14H20N2OS/c1-9(12-6-3-7-18-12)16-14(17)13-11-5-2-4-10(11)8-15-13/h3,6-7,9-11,13,15H,2,4-5,8H2,1H3,(H,16,17)/t9-,10?,11?,13?/m1/s1. The maximum absolute atomic E-state index is 12.3. The molecule has 2 aliphatic rings. The summed E-state index contributed by atoms with van der Waals surface area (Å²) >= 11 is 1.70. The summed E-state index contributed by atoms with van der Waals surface area (Å²) in [7, 11) is 0. The molecule has 1 aliphatic heterocycles. The van der Waals surface area contributed by atoms with Crippen molar-refractivity contribution in [1.82, 2.24) is 10.6 Å². The van der Waals surface area contributed by atoms with E-state index in [1.165, 1.54) is 24.1 Å². The number of thiophene rings is 1. The first-order chi connectivity index (χ1) is 8.75. The maximum Gasteiger partial charge on any atom is 0.237 e. The van der Waals surface area contributed by atoms with E-state index in [4.69, 9.17) is 0 Å². The van der Waals surface area contributed by atoms with Gasteiger partial charge in [0.2, 0.25) is 5.91 Å². The maximum atomic E-state index is 12.3. The van der Waals surface area contributed by atoms with Crippen LogP contribution in [-0.2, 0) is 4.79 Å². The van der Waals surface area contributed by atoms with E-state index in [1.54, 1.807) is 11.3 Å². The first-order valence-electron chi connectivity index (χ1n) is 6.83. The van der Waals surface area contributed by atoms with Crippen LogP contribution in [0.3, 0.4) is 0 Å². The Morgan fingerprint density at radius 1 is 1.56 bits per heavy atom. The lowest BCUT2D eigenvalue weighted by Gasteiger charge is -2.20. The molecule has 3 rings (SSSR count). The quantitative estimate of drug-likeness (QED) is 0.879. The largest absolute Gasteiger partial charge is 0.347 e. The van der Waals surface area contributed by atoms with Gasteiger partial charge in [0.25, 0.3) is 0 Å². The van der Waals surface area contributed by atoms with Crippen LogP contribution >= 0.6 is 11.3 Å². The molecule has 1 aromatic rings. The average molecular weight is 264 g/mol. The summed E-state index contributed by atoms with van der Waals surface area (Å²) in [5.41, 5.74) is 0. The molecule has 1 saturated carbocycles. The summed E-state index contributed by atoms with van der Waals surface area (Å²) in [5.74, 6) is 1.49. The zero-order valence-electron chi connectivity index (χ0n) is 10.7. The zero-order chi connectivity index (χ0) is 12.5. The van der Waals surface area contributed by atoms with Crippen LogP contribution < -0.4 is 10.6 Å². The number of rotatable bonds is 3. The van der Waals surface area contributed by atoms with Crippen molar-refractivity contribution in [3.63, 3.8) is 0 Å². The molecule has 0 spiro atoms. The van der Waals surface area contributed by atoms with Gasteiger partial charge in [0.1, 0.15) is 0 Å². The molecule has 2 fully saturated rings. The predicted molar refractivity (Wildman–Crippen MR) is 73.5 cm³/mol. The lowest BCUT2D eigenvalue weighted by molar-refractivity contribution is -0.124. The topological polar surface area (TPSA) is 41.1 Å². The molecule has 1 amide bonds. The fourth-order valence-corrected chi connectivity index (χ4v) is 4.12. The lowest BCUT2D eigenvalue weighted by atomic mass is 9.93. The van der Waals surface area contributed by atoms with Crippen molar-refractivity contribution in [3.8, 4) is 0 Å². The van der Waals surface area contributed by atoms with Crippen LogP contribution in [0.5, 0.6) is 0 Å². The van der Waals surface area contributed by atoms with E-state index in [-0.39, 0.29) is 18.0 Å². The van der Waals surface area contributed by atoms with E-state index in [1.807, 2.05) is 6.07 Å². The molecule has 3 unspecified atom stereocenters. The number of nitrogens with one attached hydrogen (secondary N) is 2. The first kappa shape index (κ1) is 12.2. The SMILES string of the molecule is C[C@@H](NC(=O)C1NCC2CCCC21)c1cccs1. The highest BCUT2D eigenvalue weighted by molar-refractivity contribution is 7.10. The number of fused-ring (bicyclic) bond motifs is 1. The molecule has 0 radical (unpaired) electrons. The van der Waals surface area contributed by atoms with Gasteiger partial charge in [-0.25, -0.2) is 0 Å². The van der Waals surface area contributed by atoms with Crippen LogP contribution in [0.15, 0.2) is 17.5 Å². The van der Waals surface area contributed by atoms with Crippen molar-refractivity contribution in [2.24, 2.45) is 11.8 Å². The van der Waals surface area contributed by atoms with Gasteiger partial charge in [-0.2, -0.15) is 0 Å². The summed E-state index contributed by atoms with van der Waals surface area (Å²) < 4.78 is 0. The van der Waals surface area contributed by atoms with Gasteiger partial charge in [0, 0.05) is 4.88 Å². The van der Waals surface area contributed by atoms with Gasteiger partial charge in [0.05, 0.1) is 12.1 Å². The summed E-state index contributed by atoms with van der Waals surface area (Å²) in [4.78, 5) is 13.6. The predicted octanol–water partition coefficient (Wildman–Crippen LogP) is 2.31. The number of amides is 1. The highest BCUT2D eigenvalue weighted by Crippen LogP contribution is 2.37. The Hall–Kier alpha value is -0.870. The van der Waals surface area contributed by atoms with Crippen molar-refractivity contribution in [2.75, 3.05) is 6.54 Å². The van der Waals surface area contributed by atoms with Gasteiger partial charge in [0.15, 0.2) is 0 Å². The molecule has 1 aromatic heterocycles. The Labute approximate surface area is 112 Å². The third-order valence-electron chi connectivity index (χ3n) is 4.36. The monoisotopic (exact) mass is 264 g/mol. The van der Waals surface area contributed by atoms with Gasteiger partial charge >= 0.3 is 0 Å². The number of hydrogen-bond donors (Lipinski definition) is 2. The Kier molecular flexibility index (Phi) is 3.39. The second-order valence-corrected chi connectivity index (χ2v) is 6.47. The lowest BCUT2D eigenvalue weighted by Crippen LogP contribution is -2.44. The van der Waals surface area contributed by atoms with Crippen LogP contribution in [-0.4, -0.2) is 18.5 Å². The summed E-state index contributed by atoms with van der Waals surface area (Å²) in [5, 5.41) is 8.60. The Morgan fingerprint density at radius 2 is 2.44 bits per heavy atom. The highest BCUT2D eigenvalue weighted by Gasteiger charge is 2.42. The molecule has 18 heavy (non-hydrogen) atoms. The number of carbonyl (C=O) groups is 1. The van der Waals surface area contributed by atoms with Gasteiger partial charge in [-0.3, -0.25) is 4.79 Å². The van der Waals surface area contributed by atoms with E-state index < -0.39 is 0 Å². The van der Waals surface area contributed by atoms with Crippen LogP contribution in [0, 0.1) is 11.8 Å². The number of hydrogen-bond acceptors (Lipinski definition) is 3. The van der Waals surface area contributed by atoms with Crippen LogP contribution in [0.25, 0.3) is 0 Å². The minimum Gasteiger partial charge on any atom is -0.347 e. The fourth-order valence-electron chi connectivity index (χ4n) is 3.39. The smallest absolute Gasteiger partial charge is 0.237 e. The summed E-state index contributed by atoms with van der Waals surface area (Å²) in [6.07, 6.45) is 3.80. The van der Waals surface area contributed by atoms with Crippen LogP contribution in [0.1, 0.15) is 37.1 Å². The molecule has 1 aliphatic carbocycles. The fraction of sp³-hybridized carbons (Fsp3) is 0.643. The summed E-state index contributed by atoms with van der Waals surface area (Å²) in [6, 6.07) is 4.28. The van der Waals surface area contributed by atoms with Crippen molar-refractivity contribution >= 4 is 17.2 Å². The van der Waals surface area contributed by atoms with E-state index in [9.17, 15) is 4.79 Å². The molecular weight excluding hydrogens is 244 g/mol. The first-order valence-corrected chi connectivity index (χ1v) is 7.71. The van der Waals surface area contributed by atoms with Gasteiger partial charge < -0.3 is 10.6 Å². The van der Waals surface area contributed by atoms with Gasteiger partial charge in [-0.05, 0) is 49.6 Å². The third kappa shape index (κ3) is 2.19. The number of carbonyl (C=O) groups excluding carboxylic acids is 1. The minimum atomic E-state index is 0.0416. The molecule has 4 atom stereocenters. The molecule has 0 aromatic carbocycles. The van der Waals surface area contributed by atoms with Gasteiger partial charge in [-0.1, -0.05) is 12.5 Å². The molecule has 98 valence electrons. The normalized spacial score (nSPS) is 32.2. The van der Waals surface area contributed by atoms with E-state index >= 15 is 0 Å². The second kappa shape index (κ2) is 5.02. The second-order valence-electron chi connectivity index (χ2n) is 5.49. The average Bonchev–Trinajstić information content (AvgIpc) is 3.06. The molecular formula is C14H20N2OS. The highest BCUT2D eigenvalue weighted by atomic mass is 32.1. The van der Waals surface area contributed by atoms with E-state index in [0.717, 1.165) is 12.5 Å². The Morgan fingerprint density at radius 3 is 3.22 bits per heavy atom. The third-order valence-corrected chi connectivity index (χ3v) is 5.41. The van der Waals surface area contributed by atoms with E-state index in [0.29, 0.717) is 5.92 Å². The van der Waals surface area contributed by atoms with E-state index in [2.05, 4.69) is 29.0 Å². The van der Waals surface area contributed by atoms with Crippen LogP contribution in [0.4, 0.5) is 0 Å². The molecule has 2 heterocycles. The minimum absolute atomic E-state index is 0.0416. The van der Waals surface area contributed by atoms with Gasteiger partial charge in [-0.15, -0.1) is 11.3 Å². The van der Waals surface area contributed by atoms with Crippen molar-refractivity contribution in [2.45, 2.75) is 38.3 Å². The van der Waals surface area contributed by atoms with Crippen LogP contribution in [0.2, 0.25) is 0 Å². The Balaban J connectivity index is 1.61. The zero-order valence-corrected chi connectivity index (χ0v) is 11.5. The molecule has 2 N–H and O–H groups in total. The molecule has 4 heteroatoms. The van der Waals surface area contributed by atoms with Crippen molar-refractivity contribution in [1.29, 1.82) is 0 Å². The molecule has 1 saturated heterocycles. The molecule has 3 nitrogen and oxygen atoms in total.